The van der Waals surface area contributed by atoms with Gasteiger partial charge < -0.3 is 0 Å². The molecule has 0 bridgehead atoms. The molecule has 0 unspecified atom stereocenters. The lowest BCUT2D eigenvalue weighted by Gasteiger charge is -2.30. The first-order chi connectivity index (χ1) is 12.9. The van der Waals surface area contributed by atoms with Gasteiger partial charge in [-0.05, 0) is 48.6 Å². The number of carbonyl (C=O) groups excluding carboxylic acids is 2. The van der Waals surface area contributed by atoms with Gasteiger partial charge in [-0.3, -0.25) is 20.4 Å². The monoisotopic (exact) mass is 411 g/mol. The van der Waals surface area contributed by atoms with Crippen LogP contribution in [0.3, 0.4) is 0 Å². The Kier molecular flexibility index (Phi) is 5.88. The van der Waals surface area contributed by atoms with Gasteiger partial charge in [0.15, 0.2) is 0 Å². The van der Waals surface area contributed by atoms with Crippen LogP contribution < -0.4 is 10.9 Å². The van der Waals surface area contributed by atoms with Crippen LogP contribution in [0.1, 0.15) is 22.5 Å². The van der Waals surface area contributed by atoms with Crippen molar-refractivity contribution >= 4 is 33.2 Å². The highest BCUT2D eigenvalue weighted by Crippen LogP contribution is 2.24. The maximum Gasteiger partial charge on any atom is 0.279 e. The Labute approximate surface area is 160 Å². The molecule has 7 nitrogen and oxygen atoms in total. The van der Waals surface area contributed by atoms with Crippen LogP contribution in [0.15, 0.2) is 46.7 Å². The Hall–Kier alpha value is -2.30. The van der Waals surface area contributed by atoms with Gasteiger partial charge in [0, 0.05) is 19.0 Å². The lowest BCUT2D eigenvalue weighted by molar-refractivity contribution is -0.126. The summed E-state index contributed by atoms with van der Waals surface area (Å²) in [6.07, 6.45) is 0.669. The molecule has 1 aromatic carbocycles. The molecule has 1 aliphatic heterocycles. The predicted octanol–water partition coefficient (Wildman–Crippen LogP) is 1.75. The number of amides is 2. The van der Waals surface area contributed by atoms with Crippen LogP contribution in [0.25, 0.3) is 0 Å². The van der Waals surface area contributed by atoms with Crippen molar-refractivity contribution in [1.82, 2.24) is 15.2 Å². The van der Waals surface area contributed by atoms with Gasteiger partial charge in [0.1, 0.15) is 5.82 Å². The number of benzene rings is 1. The Morgan fingerprint density at radius 1 is 1.07 bits per heavy atom. The first-order valence-electron chi connectivity index (χ1n) is 8.27. The molecule has 1 saturated heterocycles. The van der Waals surface area contributed by atoms with E-state index in [0.29, 0.717) is 17.7 Å². The fourth-order valence-electron chi connectivity index (χ4n) is 2.80. The van der Waals surface area contributed by atoms with E-state index in [2.05, 4.69) is 10.9 Å². The number of nitrogens with one attached hydrogen (secondary N) is 2. The van der Waals surface area contributed by atoms with Crippen LogP contribution >= 0.6 is 11.3 Å². The summed E-state index contributed by atoms with van der Waals surface area (Å²) >= 11 is 1.26. The van der Waals surface area contributed by atoms with Gasteiger partial charge in [0.2, 0.25) is 15.9 Å². The van der Waals surface area contributed by atoms with Crippen LogP contribution in [0.2, 0.25) is 0 Å². The molecule has 2 amide bonds. The molecule has 10 heteroatoms. The van der Waals surface area contributed by atoms with Crippen molar-refractivity contribution in [2.45, 2.75) is 17.7 Å². The highest BCUT2D eigenvalue weighted by Gasteiger charge is 2.32. The molecule has 2 heterocycles. The van der Waals surface area contributed by atoms with Gasteiger partial charge >= 0.3 is 0 Å². The summed E-state index contributed by atoms with van der Waals surface area (Å²) in [6, 6.07) is 8.03. The van der Waals surface area contributed by atoms with E-state index >= 15 is 0 Å². The molecular weight excluding hydrogens is 393 g/mol. The van der Waals surface area contributed by atoms with E-state index in [1.54, 1.807) is 17.5 Å². The third kappa shape index (κ3) is 4.52. The second kappa shape index (κ2) is 8.15. The summed E-state index contributed by atoms with van der Waals surface area (Å²) in [7, 11) is -3.72. The van der Waals surface area contributed by atoms with Crippen LogP contribution in [0.4, 0.5) is 4.39 Å². The minimum Gasteiger partial charge on any atom is -0.273 e. The third-order valence-corrected chi connectivity index (χ3v) is 7.10. The molecule has 0 saturated carbocycles. The Bertz CT molecular complexity index is 906. The van der Waals surface area contributed by atoms with E-state index in [-0.39, 0.29) is 23.9 Å². The van der Waals surface area contributed by atoms with Crippen LogP contribution in [0.5, 0.6) is 0 Å². The lowest BCUT2D eigenvalue weighted by atomic mass is 9.98. The summed E-state index contributed by atoms with van der Waals surface area (Å²) in [6.45, 7) is 0.354. The zero-order valence-corrected chi connectivity index (χ0v) is 15.9. The van der Waals surface area contributed by atoms with Crippen LogP contribution in [-0.4, -0.2) is 37.6 Å². The molecule has 2 N–H and O–H groups in total. The summed E-state index contributed by atoms with van der Waals surface area (Å²) < 4.78 is 39.4. The normalized spacial score (nSPS) is 16.0. The SMILES string of the molecule is O=C(NNC(=O)C1CCN(S(=O)(=O)c2ccc(F)cc2)CC1)c1cccs1. The number of carbonyl (C=O) groups is 2. The van der Waals surface area contributed by atoms with Gasteiger partial charge in [0.05, 0.1) is 9.77 Å². The minimum absolute atomic E-state index is 0.0232. The van der Waals surface area contributed by atoms with Crippen molar-refractivity contribution in [2.24, 2.45) is 5.92 Å². The van der Waals surface area contributed by atoms with Crippen molar-refractivity contribution in [3.05, 3.63) is 52.5 Å². The standard InChI is InChI=1S/C17H18FN3O4S2/c18-13-3-5-14(6-4-13)27(24,25)21-9-7-12(8-10-21)16(22)19-20-17(23)15-2-1-11-26-15/h1-6,11-12H,7-10H2,(H,19,22)(H,20,23). The van der Waals surface area contributed by atoms with Crippen molar-refractivity contribution in [2.75, 3.05) is 13.1 Å². The molecule has 3 rings (SSSR count). The first-order valence-corrected chi connectivity index (χ1v) is 10.6. The van der Waals surface area contributed by atoms with Crippen molar-refractivity contribution < 1.29 is 22.4 Å². The molecule has 0 spiro atoms. The fraction of sp³-hybridized carbons (Fsp3) is 0.294. The largest absolute Gasteiger partial charge is 0.279 e. The van der Waals surface area contributed by atoms with Crippen molar-refractivity contribution in [3.8, 4) is 0 Å². The summed E-state index contributed by atoms with van der Waals surface area (Å²) in [5.74, 6) is -1.64. The maximum atomic E-state index is 13.0. The number of halogens is 1. The zero-order chi connectivity index (χ0) is 19.4. The number of nitrogens with zero attached hydrogens (tertiary/aromatic N) is 1. The molecule has 1 aromatic heterocycles. The molecule has 0 radical (unpaired) electrons. The highest BCUT2D eigenvalue weighted by molar-refractivity contribution is 7.89. The zero-order valence-electron chi connectivity index (χ0n) is 14.2. The first kappa shape index (κ1) is 19.5. The summed E-state index contributed by atoms with van der Waals surface area (Å²) in [4.78, 5) is 24.5. The Morgan fingerprint density at radius 3 is 2.33 bits per heavy atom. The Morgan fingerprint density at radius 2 is 1.74 bits per heavy atom. The molecule has 1 aliphatic rings. The number of sulfonamides is 1. The van der Waals surface area contributed by atoms with Gasteiger partial charge in [-0.1, -0.05) is 6.07 Å². The molecule has 1 fully saturated rings. The minimum atomic E-state index is -3.72. The number of hydrazine groups is 1. The molecular formula is C17H18FN3O4S2. The molecule has 0 atom stereocenters. The second-order valence-corrected chi connectivity index (χ2v) is 8.94. The van der Waals surface area contributed by atoms with E-state index in [9.17, 15) is 22.4 Å². The van der Waals surface area contributed by atoms with Crippen molar-refractivity contribution in [1.29, 1.82) is 0 Å². The summed E-state index contributed by atoms with van der Waals surface area (Å²) in [5.41, 5.74) is 4.75. The van der Waals surface area contributed by atoms with E-state index in [1.807, 2.05) is 0 Å². The van der Waals surface area contributed by atoms with E-state index in [4.69, 9.17) is 0 Å². The van der Waals surface area contributed by atoms with E-state index < -0.39 is 27.7 Å². The third-order valence-electron chi connectivity index (χ3n) is 4.32. The number of piperidine rings is 1. The van der Waals surface area contributed by atoms with Gasteiger partial charge in [-0.2, -0.15) is 4.31 Å². The maximum absolute atomic E-state index is 13.0. The molecule has 27 heavy (non-hydrogen) atoms. The average Bonchev–Trinajstić information content (AvgIpc) is 3.21. The lowest BCUT2D eigenvalue weighted by Crippen LogP contribution is -2.48. The fourth-order valence-corrected chi connectivity index (χ4v) is 4.89. The van der Waals surface area contributed by atoms with Crippen molar-refractivity contribution in [3.63, 3.8) is 0 Å². The number of rotatable bonds is 4. The Balaban J connectivity index is 1.53. The van der Waals surface area contributed by atoms with Crippen LogP contribution in [0, 0.1) is 11.7 Å². The average molecular weight is 411 g/mol. The highest BCUT2D eigenvalue weighted by atomic mass is 32.2. The van der Waals surface area contributed by atoms with E-state index in [0.717, 1.165) is 12.1 Å². The summed E-state index contributed by atoms with van der Waals surface area (Å²) in [5, 5.41) is 1.76. The predicted molar refractivity (Wildman–Crippen MR) is 97.8 cm³/mol. The van der Waals surface area contributed by atoms with E-state index in [1.165, 1.54) is 27.8 Å². The second-order valence-electron chi connectivity index (χ2n) is 6.05. The molecule has 2 aromatic rings. The number of hydrogen-bond donors (Lipinski definition) is 2. The van der Waals surface area contributed by atoms with Gasteiger partial charge in [-0.15, -0.1) is 11.3 Å². The molecule has 0 aliphatic carbocycles. The van der Waals surface area contributed by atoms with Gasteiger partial charge in [0.25, 0.3) is 5.91 Å². The quantitative estimate of drug-likeness (QED) is 0.750. The van der Waals surface area contributed by atoms with Gasteiger partial charge in [-0.25, -0.2) is 12.8 Å². The topological polar surface area (TPSA) is 95.6 Å². The number of hydrogen-bond acceptors (Lipinski definition) is 5. The van der Waals surface area contributed by atoms with Crippen LogP contribution in [-0.2, 0) is 14.8 Å². The number of thiophene rings is 1. The smallest absolute Gasteiger partial charge is 0.273 e. The molecule has 144 valence electrons.